The molecule has 0 fully saturated rings. The number of nitrogens with one attached hydrogen (secondary N) is 1. The van der Waals surface area contributed by atoms with Crippen molar-refractivity contribution in [2.45, 2.75) is 26.4 Å². The number of nitrogen functional groups attached to an aromatic ring is 1. The van der Waals surface area contributed by atoms with E-state index < -0.39 is 17.6 Å². The highest BCUT2D eigenvalue weighted by molar-refractivity contribution is 6.11. The Morgan fingerprint density at radius 3 is 2.44 bits per heavy atom. The maximum atomic E-state index is 13.3. The predicted octanol–water partition coefficient (Wildman–Crippen LogP) is 4.95. The lowest BCUT2D eigenvalue weighted by molar-refractivity contribution is -0.137. The van der Waals surface area contributed by atoms with Crippen molar-refractivity contribution in [3.63, 3.8) is 0 Å². The molecule has 32 heavy (non-hydrogen) atoms. The van der Waals surface area contributed by atoms with E-state index in [1.54, 1.807) is 24.3 Å². The number of aromatic nitrogens is 3. The predicted molar refractivity (Wildman–Crippen MR) is 118 cm³/mol. The Morgan fingerprint density at radius 2 is 1.78 bits per heavy atom. The van der Waals surface area contributed by atoms with Gasteiger partial charge in [0.1, 0.15) is 16.9 Å². The van der Waals surface area contributed by atoms with E-state index in [9.17, 15) is 18.0 Å². The summed E-state index contributed by atoms with van der Waals surface area (Å²) in [5.41, 5.74) is 7.31. The Kier molecular flexibility index (Phi) is 5.50. The summed E-state index contributed by atoms with van der Waals surface area (Å²) in [5, 5.41) is 2.83. The van der Waals surface area contributed by atoms with Gasteiger partial charge in [-0.1, -0.05) is 32.0 Å². The molecule has 0 radical (unpaired) electrons. The lowest BCUT2D eigenvalue weighted by atomic mass is 10.1. The Labute approximate surface area is 182 Å². The fourth-order valence-corrected chi connectivity index (χ4v) is 3.53. The molecule has 166 valence electrons. The van der Waals surface area contributed by atoms with Crippen LogP contribution in [0.3, 0.4) is 0 Å². The third-order valence-electron chi connectivity index (χ3n) is 5.16. The normalized spacial score (nSPS) is 12.1. The van der Waals surface area contributed by atoms with Crippen LogP contribution in [0.4, 0.5) is 19.0 Å². The minimum absolute atomic E-state index is 0.0170. The first-order valence-electron chi connectivity index (χ1n) is 10.2. The summed E-state index contributed by atoms with van der Waals surface area (Å²) in [6.45, 7) is 4.52. The molecule has 0 saturated heterocycles. The van der Waals surface area contributed by atoms with Crippen molar-refractivity contribution >= 4 is 33.9 Å². The van der Waals surface area contributed by atoms with Crippen LogP contribution >= 0.6 is 0 Å². The number of benzene rings is 2. The monoisotopic (exact) mass is 441 g/mol. The number of hydrogen-bond donors (Lipinski definition) is 2. The van der Waals surface area contributed by atoms with Gasteiger partial charge in [-0.2, -0.15) is 13.2 Å². The van der Waals surface area contributed by atoms with E-state index in [-0.39, 0.29) is 28.2 Å². The number of nitrogens with two attached hydrogens (primary N) is 1. The topological polar surface area (TPSA) is 85.8 Å². The van der Waals surface area contributed by atoms with Gasteiger partial charge in [0.25, 0.3) is 5.91 Å². The highest BCUT2D eigenvalue weighted by Crippen LogP contribution is 2.34. The van der Waals surface area contributed by atoms with Gasteiger partial charge < -0.3 is 11.1 Å². The average molecular weight is 441 g/mol. The summed E-state index contributed by atoms with van der Waals surface area (Å²) in [6, 6.07) is 11.8. The number of carbonyl (C=O) groups excluding carboxylic acids is 1. The van der Waals surface area contributed by atoms with Crippen LogP contribution in [0.1, 0.15) is 36.2 Å². The number of anilines is 1. The van der Waals surface area contributed by atoms with Crippen LogP contribution in [0.15, 0.2) is 48.5 Å². The third-order valence-corrected chi connectivity index (χ3v) is 5.16. The molecule has 3 N–H and O–H groups in total. The molecule has 0 atom stereocenters. The van der Waals surface area contributed by atoms with Gasteiger partial charge in [0.05, 0.1) is 16.6 Å². The summed E-state index contributed by atoms with van der Waals surface area (Å²) < 4.78 is 41.3. The summed E-state index contributed by atoms with van der Waals surface area (Å²) in [4.78, 5) is 22.2. The molecule has 0 saturated carbocycles. The molecular formula is C23H22F3N5O. The molecule has 2 aromatic heterocycles. The summed E-state index contributed by atoms with van der Waals surface area (Å²) >= 11 is 0. The van der Waals surface area contributed by atoms with E-state index >= 15 is 0 Å². The molecule has 0 aliphatic carbocycles. The molecule has 0 spiro atoms. The van der Waals surface area contributed by atoms with E-state index in [1.807, 2.05) is 13.8 Å². The first-order chi connectivity index (χ1) is 15.2. The number of halogens is 3. The maximum absolute atomic E-state index is 13.3. The number of fused-ring (bicyclic) bond motifs is 2. The second kappa shape index (κ2) is 8.14. The van der Waals surface area contributed by atoms with Crippen LogP contribution in [0.5, 0.6) is 0 Å². The smallest absolute Gasteiger partial charge is 0.384 e. The lowest BCUT2D eigenvalue weighted by Gasteiger charge is -2.12. The fraction of sp³-hybridized carbons (Fsp3) is 0.261. The molecule has 1 amide bonds. The van der Waals surface area contributed by atoms with Crippen molar-refractivity contribution in [1.82, 2.24) is 19.9 Å². The van der Waals surface area contributed by atoms with Gasteiger partial charge in [-0.15, -0.1) is 0 Å². The average Bonchev–Trinajstić information content (AvgIpc) is 3.02. The fourth-order valence-electron chi connectivity index (χ4n) is 3.53. The maximum Gasteiger partial charge on any atom is 0.416 e. The van der Waals surface area contributed by atoms with Crippen molar-refractivity contribution in [3.8, 4) is 5.69 Å². The molecule has 2 aromatic carbocycles. The standard InChI is InChI=1S/C23H22F3N5O/c1-13(2)10-11-28-22(32)18-19-21(30-17-9-4-3-8-16(17)29-19)31(20(18)27)15-7-5-6-14(12-15)23(24,25)26/h3-9,12-13H,10-11,27H2,1-2H3,(H,28,32). The largest absolute Gasteiger partial charge is 0.416 e. The second-order valence-electron chi connectivity index (χ2n) is 7.97. The van der Waals surface area contributed by atoms with Crippen LogP contribution in [0, 0.1) is 5.92 Å². The molecule has 0 bridgehead atoms. The Morgan fingerprint density at radius 1 is 1.09 bits per heavy atom. The van der Waals surface area contributed by atoms with Crippen molar-refractivity contribution in [1.29, 1.82) is 0 Å². The molecular weight excluding hydrogens is 419 g/mol. The number of hydrogen-bond acceptors (Lipinski definition) is 4. The van der Waals surface area contributed by atoms with Crippen LogP contribution in [-0.2, 0) is 6.18 Å². The van der Waals surface area contributed by atoms with E-state index in [0.29, 0.717) is 23.5 Å². The molecule has 0 aliphatic rings. The third kappa shape index (κ3) is 3.98. The second-order valence-corrected chi connectivity index (χ2v) is 7.97. The summed E-state index contributed by atoms with van der Waals surface area (Å²) in [5.74, 6) is -0.0667. The van der Waals surface area contributed by atoms with Crippen LogP contribution < -0.4 is 11.1 Å². The highest BCUT2D eigenvalue weighted by atomic mass is 19.4. The SMILES string of the molecule is CC(C)CCNC(=O)c1c(N)n(-c2cccc(C(F)(F)F)c2)c2nc3ccccc3nc12. The Balaban J connectivity index is 1.94. The number of alkyl halides is 3. The van der Waals surface area contributed by atoms with E-state index in [4.69, 9.17) is 5.73 Å². The van der Waals surface area contributed by atoms with Crippen molar-refractivity contribution in [2.24, 2.45) is 5.92 Å². The molecule has 2 heterocycles. The van der Waals surface area contributed by atoms with Crippen LogP contribution in [-0.4, -0.2) is 27.0 Å². The summed E-state index contributed by atoms with van der Waals surface area (Å²) in [6.07, 6.45) is -3.75. The van der Waals surface area contributed by atoms with Gasteiger partial charge in [0.15, 0.2) is 5.65 Å². The van der Waals surface area contributed by atoms with E-state index in [2.05, 4.69) is 15.3 Å². The number of carbonyl (C=O) groups is 1. The Hall–Kier alpha value is -3.62. The van der Waals surface area contributed by atoms with Crippen LogP contribution in [0.2, 0.25) is 0 Å². The van der Waals surface area contributed by atoms with Crippen molar-refractivity contribution < 1.29 is 18.0 Å². The molecule has 0 aliphatic heterocycles. The van der Waals surface area contributed by atoms with E-state index in [1.165, 1.54) is 16.7 Å². The first kappa shape index (κ1) is 21.6. The molecule has 0 unspecified atom stereocenters. The Bertz CT molecular complexity index is 1310. The van der Waals surface area contributed by atoms with Gasteiger partial charge >= 0.3 is 6.18 Å². The molecule has 4 aromatic rings. The number of nitrogens with zero attached hydrogens (tertiary/aromatic N) is 3. The van der Waals surface area contributed by atoms with Gasteiger partial charge in [0.2, 0.25) is 0 Å². The molecule has 4 rings (SSSR count). The van der Waals surface area contributed by atoms with Crippen molar-refractivity contribution in [3.05, 3.63) is 59.7 Å². The van der Waals surface area contributed by atoms with Crippen molar-refractivity contribution in [2.75, 3.05) is 12.3 Å². The van der Waals surface area contributed by atoms with Gasteiger partial charge in [-0.3, -0.25) is 9.36 Å². The molecule has 6 nitrogen and oxygen atoms in total. The number of rotatable bonds is 5. The van der Waals surface area contributed by atoms with Gasteiger partial charge in [-0.25, -0.2) is 9.97 Å². The van der Waals surface area contributed by atoms with E-state index in [0.717, 1.165) is 18.6 Å². The zero-order chi connectivity index (χ0) is 23.0. The number of para-hydroxylation sites is 2. The zero-order valence-corrected chi connectivity index (χ0v) is 17.6. The van der Waals surface area contributed by atoms with Gasteiger partial charge in [0, 0.05) is 12.2 Å². The minimum atomic E-state index is -4.52. The van der Waals surface area contributed by atoms with Gasteiger partial charge in [-0.05, 0) is 42.7 Å². The lowest BCUT2D eigenvalue weighted by Crippen LogP contribution is -2.26. The number of amides is 1. The molecule has 9 heteroatoms. The minimum Gasteiger partial charge on any atom is -0.384 e. The zero-order valence-electron chi connectivity index (χ0n) is 17.6. The summed E-state index contributed by atoms with van der Waals surface area (Å²) in [7, 11) is 0. The highest BCUT2D eigenvalue weighted by Gasteiger charge is 2.31. The quantitative estimate of drug-likeness (QED) is 0.459. The van der Waals surface area contributed by atoms with Crippen LogP contribution in [0.25, 0.3) is 27.9 Å². The first-order valence-corrected chi connectivity index (χ1v) is 10.2.